The Morgan fingerprint density at radius 2 is 1.50 bits per heavy atom. The Kier molecular flexibility index (Phi) is 6.67. The van der Waals surface area contributed by atoms with Crippen molar-refractivity contribution in [3.8, 4) is 0 Å². The van der Waals surface area contributed by atoms with Crippen LogP contribution in [0.4, 0.5) is 32.0 Å². The average Bonchev–Trinajstić information content (AvgIpc) is 3.10. The van der Waals surface area contributed by atoms with Crippen LogP contribution >= 0.6 is 0 Å². The van der Waals surface area contributed by atoms with Crippen LogP contribution in [0, 0.1) is 0 Å². The molecule has 0 N–H and O–H groups in total. The van der Waals surface area contributed by atoms with Gasteiger partial charge < -0.3 is 14.5 Å². The van der Waals surface area contributed by atoms with Gasteiger partial charge in [0.05, 0.1) is 17.8 Å². The van der Waals surface area contributed by atoms with Crippen molar-refractivity contribution in [1.82, 2.24) is 9.80 Å². The number of halogens is 6. The van der Waals surface area contributed by atoms with E-state index < -0.39 is 40.5 Å². The Morgan fingerprint density at radius 3 is 2.00 bits per heavy atom. The fourth-order valence-corrected chi connectivity index (χ4v) is 4.80. The molecule has 0 radical (unpaired) electrons. The minimum Gasteiger partial charge on any atom is -0.364 e. The van der Waals surface area contributed by atoms with Crippen LogP contribution in [-0.4, -0.2) is 60.8 Å². The first-order chi connectivity index (χ1) is 16.9. The number of anilines is 1. The molecule has 2 aromatic carbocycles. The van der Waals surface area contributed by atoms with Crippen molar-refractivity contribution in [2.45, 2.75) is 30.7 Å². The molecule has 0 unspecified atom stereocenters. The fourth-order valence-electron chi connectivity index (χ4n) is 4.80. The molecular formula is C24H23F6N3O3. The fraction of sp³-hybridized carbons (Fsp3) is 0.417. The number of likely N-dealkylation sites (tertiary alicyclic amines) is 1. The Morgan fingerprint density at radius 1 is 0.944 bits per heavy atom. The third-order valence-electron chi connectivity index (χ3n) is 6.58. The van der Waals surface area contributed by atoms with Crippen molar-refractivity contribution in [2.24, 2.45) is 0 Å². The number of amides is 2. The van der Waals surface area contributed by atoms with Crippen LogP contribution < -0.4 is 4.90 Å². The minimum atomic E-state index is -5.06. The molecule has 0 bridgehead atoms. The highest BCUT2D eigenvalue weighted by molar-refractivity contribution is 5.96. The number of hydrogen-bond donors (Lipinski definition) is 0. The number of benzene rings is 2. The van der Waals surface area contributed by atoms with Gasteiger partial charge in [-0.15, -0.1) is 0 Å². The zero-order valence-electron chi connectivity index (χ0n) is 19.2. The first kappa shape index (κ1) is 25.8. The van der Waals surface area contributed by atoms with Gasteiger partial charge in [-0.2, -0.15) is 26.3 Å². The van der Waals surface area contributed by atoms with E-state index in [1.54, 1.807) is 0 Å². The van der Waals surface area contributed by atoms with Crippen molar-refractivity contribution < 1.29 is 40.7 Å². The average molecular weight is 515 g/mol. The van der Waals surface area contributed by atoms with Gasteiger partial charge in [-0.3, -0.25) is 14.5 Å². The molecule has 2 aliphatic heterocycles. The van der Waals surface area contributed by atoms with Crippen LogP contribution in [0.3, 0.4) is 0 Å². The lowest BCUT2D eigenvalue weighted by Gasteiger charge is -2.43. The highest BCUT2D eigenvalue weighted by Gasteiger charge is 2.54. The van der Waals surface area contributed by atoms with Gasteiger partial charge in [0.1, 0.15) is 12.3 Å². The quantitative estimate of drug-likeness (QED) is 0.559. The van der Waals surface area contributed by atoms with Crippen molar-refractivity contribution >= 4 is 17.5 Å². The van der Waals surface area contributed by atoms with Crippen LogP contribution in [0.2, 0.25) is 0 Å². The van der Waals surface area contributed by atoms with Crippen LogP contribution in [-0.2, 0) is 21.9 Å². The van der Waals surface area contributed by atoms with Gasteiger partial charge in [-0.1, -0.05) is 18.2 Å². The summed E-state index contributed by atoms with van der Waals surface area (Å²) in [5.41, 5.74) is -4.04. The van der Waals surface area contributed by atoms with E-state index in [1.165, 1.54) is 16.9 Å². The standard InChI is InChI=1S/C24H23F6N3O3/c1-36-15-32-14-33(19-5-3-2-4-6-19)22(21(32)35)7-9-31(10-8-22)20(34)16-11-17(23(25,26)27)13-18(12-16)24(28,29)30/h2-6,11-13H,7-10,14-15H2,1H3. The summed E-state index contributed by atoms with van der Waals surface area (Å²) in [6.07, 6.45) is -9.81. The molecule has 0 atom stereocenters. The summed E-state index contributed by atoms with van der Waals surface area (Å²) < 4.78 is 84.6. The summed E-state index contributed by atoms with van der Waals surface area (Å²) in [4.78, 5) is 31.0. The second-order valence-electron chi connectivity index (χ2n) is 8.79. The van der Waals surface area contributed by atoms with Gasteiger partial charge in [-0.05, 0) is 43.2 Å². The number of nitrogens with zero attached hydrogens (tertiary/aromatic N) is 3. The maximum Gasteiger partial charge on any atom is 0.416 e. The Hall–Kier alpha value is -3.28. The Bertz CT molecular complexity index is 1100. The summed E-state index contributed by atoms with van der Waals surface area (Å²) in [5.74, 6) is -1.16. The van der Waals surface area contributed by atoms with Gasteiger partial charge in [0.2, 0.25) is 0 Å². The monoisotopic (exact) mass is 515 g/mol. The predicted molar refractivity (Wildman–Crippen MR) is 117 cm³/mol. The van der Waals surface area contributed by atoms with Gasteiger partial charge in [0.25, 0.3) is 11.8 Å². The molecule has 2 amide bonds. The Labute approximate surface area is 203 Å². The SMILES string of the molecule is COCN1CN(c2ccccc2)C2(CCN(C(=O)c3cc(C(F)(F)F)cc(C(F)(F)F)c3)CC2)C1=O. The highest BCUT2D eigenvalue weighted by atomic mass is 19.4. The number of hydrogen-bond acceptors (Lipinski definition) is 4. The molecule has 2 fully saturated rings. The first-order valence-corrected chi connectivity index (χ1v) is 11.1. The zero-order valence-corrected chi connectivity index (χ0v) is 19.2. The molecule has 1 spiro atoms. The third-order valence-corrected chi connectivity index (χ3v) is 6.58. The number of para-hydroxylation sites is 1. The van der Waals surface area contributed by atoms with Crippen LogP contribution in [0.25, 0.3) is 0 Å². The maximum absolute atomic E-state index is 13.4. The normalized spacial score (nSPS) is 18.3. The highest BCUT2D eigenvalue weighted by Crippen LogP contribution is 2.40. The predicted octanol–water partition coefficient (Wildman–Crippen LogP) is 4.61. The molecule has 36 heavy (non-hydrogen) atoms. The summed E-state index contributed by atoms with van der Waals surface area (Å²) >= 11 is 0. The number of piperidine rings is 1. The molecule has 194 valence electrons. The van der Waals surface area contributed by atoms with Gasteiger partial charge in [0, 0.05) is 31.5 Å². The molecular weight excluding hydrogens is 492 g/mol. The van der Waals surface area contributed by atoms with Gasteiger partial charge >= 0.3 is 12.4 Å². The van der Waals surface area contributed by atoms with E-state index in [1.807, 2.05) is 35.2 Å². The molecule has 4 rings (SSSR count). The first-order valence-electron chi connectivity index (χ1n) is 11.1. The van der Waals surface area contributed by atoms with Gasteiger partial charge in [-0.25, -0.2) is 0 Å². The van der Waals surface area contributed by atoms with Crippen LogP contribution in [0.15, 0.2) is 48.5 Å². The molecule has 2 aromatic rings. The van der Waals surface area contributed by atoms with Crippen molar-refractivity contribution in [2.75, 3.05) is 38.5 Å². The van der Waals surface area contributed by atoms with E-state index in [0.717, 1.165) is 5.69 Å². The molecule has 0 aromatic heterocycles. The molecule has 0 aliphatic carbocycles. The van der Waals surface area contributed by atoms with E-state index >= 15 is 0 Å². The van der Waals surface area contributed by atoms with E-state index in [9.17, 15) is 35.9 Å². The molecule has 2 heterocycles. The maximum atomic E-state index is 13.4. The lowest BCUT2D eigenvalue weighted by atomic mass is 9.85. The number of methoxy groups -OCH3 is 1. The smallest absolute Gasteiger partial charge is 0.364 e. The number of rotatable bonds is 4. The molecule has 2 aliphatic rings. The molecule has 6 nitrogen and oxygen atoms in total. The second kappa shape index (κ2) is 9.30. The lowest BCUT2D eigenvalue weighted by Crippen LogP contribution is -2.57. The second-order valence-corrected chi connectivity index (χ2v) is 8.79. The van der Waals surface area contributed by atoms with Crippen LogP contribution in [0.1, 0.15) is 34.3 Å². The minimum absolute atomic E-state index is 0.0126. The van der Waals surface area contributed by atoms with E-state index in [-0.39, 0.29) is 51.3 Å². The Balaban J connectivity index is 1.61. The van der Waals surface area contributed by atoms with Crippen molar-refractivity contribution in [1.29, 1.82) is 0 Å². The molecule has 2 saturated heterocycles. The lowest BCUT2D eigenvalue weighted by molar-refractivity contribution is -0.143. The molecule has 0 saturated carbocycles. The van der Waals surface area contributed by atoms with Crippen molar-refractivity contribution in [3.05, 3.63) is 65.2 Å². The number of carbonyl (C=O) groups excluding carboxylic acids is 2. The topological polar surface area (TPSA) is 53.1 Å². The van der Waals surface area contributed by atoms with E-state index in [2.05, 4.69) is 0 Å². The number of ether oxygens (including phenoxy) is 1. The molecule has 12 heteroatoms. The third kappa shape index (κ3) is 4.73. The summed E-state index contributed by atoms with van der Waals surface area (Å²) in [6, 6.07) is 9.98. The number of carbonyl (C=O) groups is 2. The summed E-state index contributed by atoms with van der Waals surface area (Å²) in [5, 5.41) is 0. The zero-order chi connectivity index (χ0) is 26.3. The van der Waals surface area contributed by atoms with E-state index in [0.29, 0.717) is 12.1 Å². The van der Waals surface area contributed by atoms with Crippen molar-refractivity contribution in [3.63, 3.8) is 0 Å². The number of alkyl halides is 6. The summed E-state index contributed by atoms with van der Waals surface area (Å²) in [7, 11) is 1.46. The summed E-state index contributed by atoms with van der Waals surface area (Å²) in [6.45, 7) is 0.253. The van der Waals surface area contributed by atoms with E-state index in [4.69, 9.17) is 4.74 Å². The largest absolute Gasteiger partial charge is 0.416 e. The van der Waals surface area contributed by atoms with Gasteiger partial charge in [0.15, 0.2) is 0 Å². The van der Waals surface area contributed by atoms with Crippen LogP contribution in [0.5, 0.6) is 0 Å².